The Kier molecular flexibility index (Phi) is 9.32. The quantitative estimate of drug-likeness (QED) is 0.380. The molecule has 26 heavy (non-hydrogen) atoms. The van der Waals surface area contributed by atoms with Gasteiger partial charge in [0.1, 0.15) is 5.82 Å². The van der Waals surface area contributed by atoms with Gasteiger partial charge in [-0.3, -0.25) is 4.99 Å². The van der Waals surface area contributed by atoms with Gasteiger partial charge >= 0.3 is 0 Å². The number of halogens is 2. The standard InChI is InChI=1S/C19H25FN4O.HI/c1-5-25-18-16(7-6-10-22-18)12-23-19(21-4)24-14(3)15-9-8-13(2)17(20)11-15;/h6-11,14H,5,12H2,1-4H3,(H2,21,23,24);1H. The number of benzene rings is 1. The van der Waals surface area contributed by atoms with E-state index in [0.717, 1.165) is 11.1 Å². The molecule has 0 spiro atoms. The van der Waals surface area contributed by atoms with Gasteiger partial charge in [-0.2, -0.15) is 0 Å². The lowest BCUT2D eigenvalue weighted by molar-refractivity contribution is 0.322. The van der Waals surface area contributed by atoms with Gasteiger partial charge in [-0.25, -0.2) is 9.37 Å². The van der Waals surface area contributed by atoms with Crippen LogP contribution in [0.15, 0.2) is 41.5 Å². The molecule has 0 saturated carbocycles. The second-order valence-corrected chi connectivity index (χ2v) is 5.70. The van der Waals surface area contributed by atoms with Gasteiger partial charge in [0.25, 0.3) is 0 Å². The monoisotopic (exact) mass is 472 g/mol. The summed E-state index contributed by atoms with van der Waals surface area (Å²) in [5, 5.41) is 6.50. The van der Waals surface area contributed by atoms with Crippen LogP contribution in [0.5, 0.6) is 5.88 Å². The molecular formula is C19H26FIN4O. The number of aliphatic imine (C=N–C) groups is 1. The predicted octanol–water partition coefficient (Wildman–Crippen LogP) is 3.97. The van der Waals surface area contributed by atoms with Gasteiger partial charge in [0, 0.05) is 25.4 Å². The van der Waals surface area contributed by atoms with Gasteiger partial charge in [-0.15, -0.1) is 24.0 Å². The number of ether oxygens (including phenoxy) is 1. The van der Waals surface area contributed by atoms with Crippen molar-refractivity contribution in [2.45, 2.75) is 33.4 Å². The number of aromatic nitrogens is 1. The molecule has 0 fully saturated rings. The van der Waals surface area contributed by atoms with Crippen LogP contribution in [-0.2, 0) is 6.54 Å². The summed E-state index contributed by atoms with van der Waals surface area (Å²) in [7, 11) is 1.70. The van der Waals surface area contributed by atoms with Crippen molar-refractivity contribution >= 4 is 29.9 Å². The fraction of sp³-hybridized carbons (Fsp3) is 0.368. The molecule has 2 rings (SSSR count). The summed E-state index contributed by atoms with van der Waals surface area (Å²) in [6, 6.07) is 8.99. The maximum absolute atomic E-state index is 13.8. The summed E-state index contributed by atoms with van der Waals surface area (Å²) in [5.41, 5.74) is 2.45. The van der Waals surface area contributed by atoms with E-state index in [4.69, 9.17) is 4.74 Å². The van der Waals surface area contributed by atoms with Crippen molar-refractivity contribution in [3.8, 4) is 5.88 Å². The van der Waals surface area contributed by atoms with E-state index < -0.39 is 0 Å². The zero-order valence-corrected chi connectivity index (χ0v) is 17.9. The number of hydrogen-bond donors (Lipinski definition) is 2. The Bertz CT molecular complexity index is 739. The largest absolute Gasteiger partial charge is 0.478 e. The van der Waals surface area contributed by atoms with Crippen LogP contribution < -0.4 is 15.4 Å². The Labute approximate surface area is 171 Å². The number of nitrogens with zero attached hydrogens (tertiary/aromatic N) is 2. The van der Waals surface area contributed by atoms with Crippen LogP contribution in [0.1, 0.15) is 36.6 Å². The maximum Gasteiger partial charge on any atom is 0.218 e. The number of rotatable bonds is 6. The molecule has 0 aliphatic carbocycles. The summed E-state index contributed by atoms with van der Waals surface area (Å²) in [4.78, 5) is 8.46. The molecule has 0 aliphatic heterocycles. The summed E-state index contributed by atoms with van der Waals surface area (Å²) in [6.45, 7) is 6.73. The van der Waals surface area contributed by atoms with E-state index in [9.17, 15) is 4.39 Å². The summed E-state index contributed by atoms with van der Waals surface area (Å²) in [5.74, 6) is 1.03. The highest BCUT2D eigenvalue weighted by Gasteiger charge is 2.11. The van der Waals surface area contributed by atoms with Crippen LogP contribution in [0.4, 0.5) is 4.39 Å². The van der Waals surface area contributed by atoms with E-state index in [0.29, 0.717) is 30.6 Å². The summed E-state index contributed by atoms with van der Waals surface area (Å²) >= 11 is 0. The molecule has 1 unspecified atom stereocenters. The van der Waals surface area contributed by atoms with E-state index in [-0.39, 0.29) is 35.8 Å². The number of pyridine rings is 1. The van der Waals surface area contributed by atoms with E-state index in [1.165, 1.54) is 0 Å². The van der Waals surface area contributed by atoms with Crippen LogP contribution in [-0.4, -0.2) is 24.6 Å². The lowest BCUT2D eigenvalue weighted by atomic mass is 10.1. The first-order valence-electron chi connectivity index (χ1n) is 8.35. The number of aryl methyl sites for hydroxylation is 1. The molecule has 0 bridgehead atoms. The fourth-order valence-electron chi connectivity index (χ4n) is 2.37. The molecule has 7 heteroatoms. The highest BCUT2D eigenvalue weighted by Crippen LogP contribution is 2.17. The molecule has 5 nitrogen and oxygen atoms in total. The van der Waals surface area contributed by atoms with Crippen molar-refractivity contribution in [3.63, 3.8) is 0 Å². The molecule has 0 amide bonds. The molecule has 2 N–H and O–H groups in total. The Morgan fingerprint density at radius 1 is 1.35 bits per heavy atom. The zero-order valence-electron chi connectivity index (χ0n) is 15.5. The second kappa shape index (κ2) is 10.9. The number of guanidine groups is 1. The van der Waals surface area contributed by atoms with Crippen molar-refractivity contribution in [2.24, 2.45) is 4.99 Å². The smallest absolute Gasteiger partial charge is 0.218 e. The van der Waals surface area contributed by atoms with Gasteiger partial charge < -0.3 is 15.4 Å². The van der Waals surface area contributed by atoms with Crippen LogP contribution in [0.25, 0.3) is 0 Å². The first-order chi connectivity index (χ1) is 12.0. The third kappa shape index (κ3) is 6.12. The molecule has 1 heterocycles. The first-order valence-corrected chi connectivity index (χ1v) is 8.35. The van der Waals surface area contributed by atoms with Crippen LogP contribution >= 0.6 is 24.0 Å². The number of nitrogens with one attached hydrogen (secondary N) is 2. The normalized spacial score (nSPS) is 12.1. The highest BCUT2D eigenvalue weighted by atomic mass is 127. The predicted molar refractivity (Wildman–Crippen MR) is 114 cm³/mol. The van der Waals surface area contributed by atoms with Crippen molar-refractivity contribution in [2.75, 3.05) is 13.7 Å². The molecule has 0 radical (unpaired) electrons. The average molecular weight is 472 g/mol. The Morgan fingerprint density at radius 2 is 2.12 bits per heavy atom. The minimum Gasteiger partial charge on any atom is -0.478 e. The van der Waals surface area contributed by atoms with Gasteiger partial charge in [0.2, 0.25) is 5.88 Å². The average Bonchev–Trinajstić information content (AvgIpc) is 2.62. The molecule has 1 aromatic carbocycles. The fourth-order valence-corrected chi connectivity index (χ4v) is 2.37. The van der Waals surface area contributed by atoms with Gasteiger partial charge in [-0.1, -0.05) is 18.2 Å². The third-order valence-corrected chi connectivity index (χ3v) is 3.85. The molecular weight excluding hydrogens is 446 g/mol. The van der Waals surface area contributed by atoms with Crippen LogP contribution in [0.3, 0.4) is 0 Å². The maximum atomic E-state index is 13.8. The van der Waals surface area contributed by atoms with E-state index in [1.54, 1.807) is 32.3 Å². The zero-order chi connectivity index (χ0) is 18.2. The lowest BCUT2D eigenvalue weighted by Gasteiger charge is -2.19. The minimum absolute atomic E-state index is 0. The van der Waals surface area contributed by atoms with E-state index in [1.807, 2.05) is 32.0 Å². The van der Waals surface area contributed by atoms with Crippen LogP contribution in [0.2, 0.25) is 0 Å². The van der Waals surface area contributed by atoms with Gasteiger partial charge in [0.15, 0.2) is 5.96 Å². The molecule has 0 aliphatic rings. The third-order valence-electron chi connectivity index (χ3n) is 3.85. The minimum atomic E-state index is -0.203. The molecule has 1 aromatic heterocycles. The Balaban J connectivity index is 0.00000338. The SMILES string of the molecule is CCOc1ncccc1CNC(=NC)NC(C)c1ccc(C)c(F)c1.I. The first kappa shape index (κ1) is 22.1. The summed E-state index contributed by atoms with van der Waals surface area (Å²) < 4.78 is 19.3. The van der Waals surface area contributed by atoms with Crippen molar-refractivity contribution in [1.29, 1.82) is 0 Å². The van der Waals surface area contributed by atoms with Gasteiger partial charge in [0.05, 0.1) is 12.6 Å². The van der Waals surface area contributed by atoms with E-state index >= 15 is 0 Å². The molecule has 1 atom stereocenters. The van der Waals surface area contributed by atoms with Gasteiger partial charge in [-0.05, 0) is 44.0 Å². The molecule has 142 valence electrons. The van der Waals surface area contributed by atoms with Crippen molar-refractivity contribution < 1.29 is 9.13 Å². The molecule has 2 aromatic rings. The number of hydrogen-bond acceptors (Lipinski definition) is 3. The topological polar surface area (TPSA) is 58.5 Å². The second-order valence-electron chi connectivity index (χ2n) is 5.70. The van der Waals surface area contributed by atoms with Crippen molar-refractivity contribution in [3.05, 3.63) is 59.0 Å². The Hall–Kier alpha value is -1.90. The summed E-state index contributed by atoms with van der Waals surface area (Å²) in [6.07, 6.45) is 1.70. The highest BCUT2D eigenvalue weighted by molar-refractivity contribution is 14.0. The van der Waals surface area contributed by atoms with Crippen LogP contribution in [0, 0.1) is 12.7 Å². The van der Waals surface area contributed by atoms with Crippen molar-refractivity contribution in [1.82, 2.24) is 15.6 Å². The van der Waals surface area contributed by atoms with E-state index in [2.05, 4.69) is 20.6 Å². The Morgan fingerprint density at radius 3 is 2.77 bits per heavy atom. The molecule has 0 saturated heterocycles. The lowest BCUT2D eigenvalue weighted by Crippen LogP contribution is -2.38.